The molecule has 0 unspecified atom stereocenters. The maximum absolute atomic E-state index is 13.7. The van der Waals surface area contributed by atoms with Crippen LogP contribution in [0.2, 0.25) is 0 Å². The fourth-order valence-corrected chi connectivity index (χ4v) is 3.05. The molecule has 0 radical (unpaired) electrons. The zero-order valence-corrected chi connectivity index (χ0v) is 14.5. The van der Waals surface area contributed by atoms with Crippen molar-refractivity contribution < 1.29 is 13.9 Å². The third-order valence-corrected chi connectivity index (χ3v) is 4.43. The van der Waals surface area contributed by atoms with E-state index >= 15 is 0 Å². The number of halogens is 1. The van der Waals surface area contributed by atoms with Crippen molar-refractivity contribution in [2.24, 2.45) is 0 Å². The number of hydrogen-bond donors (Lipinski definition) is 0. The quantitative estimate of drug-likeness (QED) is 0.498. The van der Waals surface area contributed by atoms with Crippen LogP contribution in [0, 0.1) is 12.7 Å². The van der Waals surface area contributed by atoms with Gasteiger partial charge in [0.2, 0.25) is 5.16 Å². The first-order valence-corrected chi connectivity index (χ1v) is 8.42. The Kier molecular flexibility index (Phi) is 5.08. The number of thioether (sulfide) groups is 1. The van der Waals surface area contributed by atoms with Gasteiger partial charge in [0, 0.05) is 0 Å². The molecule has 1 heterocycles. The molecule has 0 fully saturated rings. The van der Waals surface area contributed by atoms with Crippen molar-refractivity contribution in [2.45, 2.75) is 12.1 Å². The Morgan fingerprint density at radius 1 is 1.28 bits per heavy atom. The van der Waals surface area contributed by atoms with E-state index in [1.54, 1.807) is 19.2 Å². The predicted molar refractivity (Wildman–Crippen MR) is 91.9 cm³/mol. The van der Waals surface area contributed by atoms with Crippen LogP contribution in [0.5, 0.6) is 5.75 Å². The topological polar surface area (TPSA) is 69.9 Å². The summed E-state index contributed by atoms with van der Waals surface area (Å²) in [4.78, 5) is 12.2. The number of ketones is 1. The second kappa shape index (κ2) is 7.43. The van der Waals surface area contributed by atoms with Crippen LogP contribution >= 0.6 is 11.8 Å². The van der Waals surface area contributed by atoms with Gasteiger partial charge in [-0.25, -0.2) is 4.39 Å². The molecule has 6 nitrogen and oxygen atoms in total. The zero-order chi connectivity index (χ0) is 17.8. The molecule has 25 heavy (non-hydrogen) atoms. The summed E-state index contributed by atoms with van der Waals surface area (Å²) >= 11 is 1.14. The number of carbonyl (C=O) groups is 1. The van der Waals surface area contributed by atoms with Crippen molar-refractivity contribution >= 4 is 17.5 Å². The van der Waals surface area contributed by atoms with Crippen LogP contribution in [0.15, 0.2) is 47.6 Å². The summed E-state index contributed by atoms with van der Waals surface area (Å²) in [5, 5.41) is 12.0. The molecule has 0 bridgehead atoms. The van der Waals surface area contributed by atoms with E-state index in [0.717, 1.165) is 17.3 Å². The average molecular weight is 358 g/mol. The number of benzene rings is 2. The molecular formula is C17H15FN4O2S. The highest BCUT2D eigenvalue weighted by Crippen LogP contribution is 2.27. The zero-order valence-electron chi connectivity index (χ0n) is 13.6. The molecule has 0 aliphatic heterocycles. The highest BCUT2D eigenvalue weighted by Gasteiger charge is 2.17. The van der Waals surface area contributed by atoms with E-state index in [4.69, 9.17) is 4.74 Å². The standard InChI is InChI=1S/C17H15FN4O2S/c1-11-7-8-16(24-2)14(9-11)22-17(19-20-21-22)25-10-15(23)12-5-3-4-6-13(12)18/h3-9H,10H2,1-2H3. The van der Waals surface area contributed by atoms with Gasteiger partial charge in [0.15, 0.2) is 5.78 Å². The molecule has 0 saturated heterocycles. The Bertz CT molecular complexity index is 913. The molecular weight excluding hydrogens is 343 g/mol. The molecule has 0 aliphatic carbocycles. The molecule has 0 spiro atoms. The monoisotopic (exact) mass is 358 g/mol. The van der Waals surface area contributed by atoms with E-state index in [1.165, 1.54) is 16.8 Å². The molecule has 0 amide bonds. The number of rotatable bonds is 6. The first-order valence-electron chi connectivity index (χ1n) is 7.44. The Labute approximate surface area is 148 Å². The summed E-state index contributed by atoms with van der Waals surface area (Å²) < 4.78 is 20.6. The van der Waals surface area contributed by atoms with Gasteiger partial charge in [-0.3, -0.25) is 4.79 Å². The maximum atomic E-state index is 13.7. The van der Waals surface area contributed by atoms with Crippen molar-refractivity contribution in [3.63, 3.8) is 0 Å². The van der Waals surface area contributed by atoms with Gasteiger partial charge >= 0.3 is 0 Å². The second-order valence-corrected chi connectivity index (χ2v) is 6.18. The van der Waals surface area contributed by atoms with Crippen molar-refractivity contribution in [3.05, 3.63) is 59.4 Å². The lowest BCUT2D eigenvalue weighted by molar-refractivity contribution is 0.101. The van der Waals surface area contributed by atoms with E-state index in [2.05, 4.69) is 15.5 Å². The number of carbonyl (C=O) groups excluding carboxylic acids is 1. The average Bonchev–Trinajstić information content (AvgIpc) is 3.08. The molecule has 0 saturated carbocycles. The van der Waals surface area contributed by atoms with Gasteiger partial charge in [-0.05, 0) is 47.2 Å². The number of hydrogen-bond acceptors (Lipinski definition) is 6. The second-order valence-electron chi connectivity index (χ2n) is 5.24. The molecule has 0 atom stereocenters. The predicted octanol–water partition coefficient (Wildman–Crippen LogP) is 3.09. The van der Waals surface area contributed by atoms with Gasteiger partial charge in [0.25, 0.3) is 0 Å². The van der Waals surface area contributed by atoms with Gasteiger partial charge in [0.1, 0.15) is 17.3 Å². The Morgan fingerprint density at radius 2 is 2.08 bits per heavy atom. The summed E-state index contributed by atoms with van der Waals surface area (Å²) in [7, 11) is 1.56. The summed E-state index contributed by atoms with van der Waals surface area (Å²) in [5.74, 6) is -0.225. The summed E-state index contributed by atoms with van der Waals surface area (Å²) in [6.07, 6.45) is 0. The van der Waals surface area contributed by atoms with Crippen LogP contribution in [-0.4, -0.2) is 38.9 Å². The van der Waals surface area contributed by atoms with E-state index in [9.17, 15) is 9.18 Å². The molecule has 3 aromatic rings. The number of ether oxygens (including phenoxy) is 1. The number of methoxy groups -OCH3 is 1. The van der Waals surface area contributed by atoms with E-state index in [-0.39, 0.29) is 17.1 Å². The fourth-order valence-electron chi connectivity index (χ4n) is 2.28. The lowest BCUT2D eigenvalue weighted by Gasteiger charge is -2.10. The third kappa shape index (κ3) is 3.69. The molecule has 2 aromatic carbocycles. The Morgan fingerprint density at radius 3 is 2.84 bits per heavy atom. The molecule has 0 aliphatic rings. The van der Waals surface area contributed by atoms with Gasteiger partial charge in [-0.2, -0.15) is 4.68 Å². The van der Waals surface area contributed by atoms with Crippen LogP contribution in [-0.2, 0) is 0 Å². The van der Waals surface area contributed by atoms with E-state index in [0.29, 0.717) is 16.6 Å². The number of nitrogens with zero attached hydrogens (tertiary/aromatic N) is 4. The summed E-state index contributed by atoms with van der Waals surface area (Å²) in [6.45, 7) is 1.95. The van der Waals surface area contributed by atoms with Crippen molar-refractivity contribution in [3.8, 4) is 11.4 Å². The van der Waals surface area contributed by atoms with Crippen LogP contribution in [0.25, 0.3) is 5.69 Å². The largest absolute Gasteiger partial charge is 0.494 e. The normalized spacial score (nSPS) is 10.7. The van der Waals surface area contributed by atoms with E-state index < -0.39 is 5.82 Å². The van der Waals surface area contributed by atoms with Crippen LogP contribution in [0.1, 0.15) is 15.9 Å². The minimum Gasteiger partial charge on any atom is -0.494 e. The van der Waals surface area contributed by atoms with E-state index in [1.807, 2.05) is 25.1 Å². The fraction of sp³-hybridized carbons (Fsp3) is 0.176. The van der Waals surface area contributed by atoms with Crippen molar-refractivity contribution in [1.29, 1.82) is 0 Å². The van der Waals surface area contributed by atoms with Crippen LogP contribution in [0.3, 0.4) is 0 Å². The lowest BCUT2D eigenvalue weighted by Crippen LogP contribution is -2.07. The van der Waals surface area contributed by atoms with Crippen molar-refractivity contribution in [1.82, 2.24) is 20.2 Å². The maximum Gasteiger partial charge on any atom is 0.214 e. The first kappa shape index (κ1) is 17.1. The Balaban J connectivity index is 1.83. The van der Waals surface area contributed by atoms with Gasteiger partial charge in [0.05, 0.1) is 18.4 Å². The van der Waals surface area contributed by atoms with Crippen LogP contribution in [0.4, 0.5) is 4.39 Å². The van der Waals surface area contributed by atoms with Crippen LogP contribution < -0.4 is 4.74 Å². The summed E-state index contributed by atoms with van der Waals surface area (Å²) in [6, 6.07) is 11.5. The molecule has 1 aromatic heterocycles. The molecule has 3 rings (SSSR count). The first-order chi connectivity index (χ1) is 12.1. The minimum atomic E-state index is -0.534. The molecule has 0 N–H and O–H groups in total. The highest BCUT2D eigenvalue weighted by molar-refractivity contribution is 7.99. The number of aromatic nitrogens is 4. The Hall–Kier alpha value is -2.74. The number of Topliss-reactive ketones (excluding diaryl/α,β-unsaturated/α-hetero) is 1. The smallest absolute Gasteiger partial charge is 0.214 e. The molecule has 8 heteroatoms. The molecule has 128 valence electrons. The number of aryl methyl sites for hydroxylation is 1. The number of tetrazole rings is 1. The third-order valence-electron chi connectivity index (χ3n) is 3.51. The van der Waals surface area contributed by atoms with Gasteiger partial charge in [-0.1, -0.05) is 30.0 Å². The summed E-state index contributed by atoms with van der Waals surface area (Å²) in [5.41, 5.74) is 1.75. The van der Waals surface area contributed by atoms with Crippen molar-refractivity contribution in [2.75, 3.05) is 12.9 Å². The lowest BCUT2D eigenvalue weighted by atomic mass is 10.1. The minimum absolute atomic E-state index is 0.0233. The van der Waals surface area contributed by atoms with Gasteiger partial charge < -0.3 is 4.74 Å². The SMILES string of the molecule is COc1ccc(C)cc1-n1nnnc1SCC(=O)c1ccccc1F. The highest BCUT2D eigenvalue weighted by atomic mass is 32.2. The van der Waals surface area contributed by atoms with Gasteiger partial charge in [-0.15, -0.1) is 5.10 Å².